The first-order valence-corrected chi connectivity index (χ1v) is 7.28. The Kier molecular flexibility index (Phi) is 3.52. The quantitative estimate of drug-likeness (QED) is 0.780. The lowest BCUT2D eigenvalue weighted by molar-refractivity contribution is 0.0635. The Morgan fingerprint density at radius 2 is 2.04 bits per heavy atom. The van der Waals surface area contributed by atoms with Gasteiger partial charge in [0.25, 0.3) is 0 Å². The average molecular weight is 310 g/mol. The van der Waals surface area contributed by atoms with E-state index in [-0.39, 0.29) is 0 Å². The highest BCUT2D eigenvalue weighted by Crippen LogP contribution is 2.22. The van der Waals surface area contributed by atoms with E-state index in [9.17, 15) is 4.79 Å². The number of rotatable bonds is 2. The maximum atomic E-state index is 12.1. The van der Waals surface area contributed by atoms with Crippen LogP contribution >= 0.6 is 0 Å². The van der Waals surface area contributed by atoms with E-state index in [0.717, 1.165) is 11.0 Å². The number of nitrogens with zero attached hydrogens (tertiary/aromatic N) is 3. The summed E-state index contributed by atoms with van der Waals surface area (Å²) in [5.41, 5.74) is 2.36. The number of anilines is 1. The zero-order valence-electron chi connectivity index (χ0n) is 13.3. The van der Waals surface area contributed by atoms with E-state index >= 15 is 0 Å². The van der Waals surface area contributed by atoms with Crippen molar-refractivity contribution in [1.82, 2.24) is 14.4 Å². The summed E-state index contributed by atoms with van der Waals surface area (Å²) in [5.74, 6) is 0.341. The number of carbonyl (C=O) groups is 1. The number of hydrogen-bond donors (Lipinski definition) is 1. The van der Waals surface area contributed by atoms with Crippen molar-refractivity contribution < 1.29 is 9.53 Å². The summed E-state index contributed by atoms with van der Waals surface area (Å²) in [6, 6.07) is 7.72. The SMILES string of the molecule is C=Cc1cn2c(nc3ccccc32)c(NC(=O)OC(C)(C)C)n1. The number of ether oxygens (including phenoxy) is 1. The molecule has 0 saturated heterocycles. The Labute approximate surface area is 133 Å². The number of aromatic nitrogens is 3. The molecule has 6 nitrogen and oxygen atoms in total. The lowest BCUT2D eigenvalue weighted by Gasteiger charge is -2.19. The average Bonchev–Trinajstić information content (AvgIpc) is 2.84. The highest BCUT2D eigenvalue weighted by atomic mass is 16.6. The zero-order valence-corrected chi connectivity index (χ0v) is 13.3. The number of carbonyl (C=O) groups excluding carboxylic acids is 1. The van der Waals surface area contributed by atoms with Gasteiger partial charge in [0, 0.05) is 6.20 Å². The van der Waals surface area contributed by atoms with Gasteiger partial charge in [0.15, 0.2) is 11.5 Å². The smallest absolute Gasteiger partial charge is 0.413 e. The normalized spacial score (nSPS) is 11.6. The summed E-state index contributed by atoms with van der Waals surface area (Å²) >= 11 is 0. The van der Waals surface area contributed by atoms with Gasteiger partial charge in [0.05, 0.1) is 16.7 Å². The van der Waals surface area contributed by atoms with Crippen LogP contribution in [-0.4, -0.2) is 26.1 Å². The molecule has 0 aliphatic rings. The second-order valence-electron chi connectivity index (χ2n) is 6.14. The molecule has 1 aromatic carbocycles. The first kappa shape index (κ1) is 15.0. The van der Waals surface area contributed by atoms with Crippen LogP contribution in [-0.2, 0) is 4.74 Å². The summed E-state index contributed by atoms with van der Waals surface area (Å²) < 4.78 is 7.17. The van der Waals surface area contributed by atoms with Gasteiger partial charge < -0.3 is 4.74 Å². The molecule has 23 heavy (non-hydrogen) atoms. The number of nitrogens with one attached hydrogen (secondary N) is 1. The predicted octanol–water partition coefficient (Wildman–Crippen LogP) is 3.87. The fourth-order valence-corrected chi connectivity index (χ4v) is 2.26. The lowest BCUT2D eigenvalue weighted by atomic mass is 10.2. The van der Waals surface area contributed by atoms with E-state index in [0.29, 0.717) is 17.2 Å². The molecule has 118 valence electrons. The van der Waals surface area contributed by atoms with Crippen LogP contribution in [0, 0.1) is 0 Å². The largest absolute Gasteiger partial charge is 0.444 e. The van der Waals surface area contributed by atoms with Crippen molar-refractivity contribution in [2.75, 3.05) is 5.32 Å². The zero-order chi connectivity index (χ0) is 16.6. The van der Waals surface area contributed by atoms with Crippen molar-refractivity contribution in [3.63, 3.8) is 0 Å². The van der Waals surface area contributed by atoms with Crippen LogP contribution in [0.3, 0.4) is 0 Å². The molecule has 0 aliphatic heterocycles. The van der Waals surface area contributed by atoms with Crippen molar-refractivity contribution in [2.24, 2.45) is 0 Å². The van der Waals surface area contributed by atoms with Gasteiger partial charge in [-0.2, -0.15) is 0 Å². The van der Waals surface area contributed by atoms with Crippen LogP contribution in [0.1, 0.15) is 26.5 Å². The van der Waals surface area contributed by atoms with Crippen LogP contribution in [0.5, 0.6) is 0 Å². The molecule has 0 unspecified atom stereocenters. The van der Waals surface area contributed by atoms with Gasteiger partial charge in [0.1, 0.15) is 5.60 Å². The molecule has 0 spiro atoms. The van der Waals surface area contributed by atoms with Crippen LogP contribution in [0.4, 0.5) is 10.6 Å². The third-order valence-electron chi connectivity index (χ3n) is 3.14. The molecule has 1 N–H and O–H groups in total. The van der Waals surface area contributed by atoms with Crippen molar-refractivity contribution in [1.29, 1.82) is 0 Å². The molecule has 2 aromatic heterocycles. The number of hydrogen-bond acceptors (Lipinski definition) is 4. The molecule has 1 amide bonds. The molecule has 0 saturated carbocycles. The lowest BCUT2D eigenvalue weighted by Crippen LogP contribution is -2.27. The molecule has 2 heterocycles. The minimum atomic E-state index is -0.587. The van der Waals surface area contributed by atoms with Crippen LogP contribution < -0.4 is 5.32 Å². The molecule has 3 rings (SSSR count). The molecule has 0 fully saturated rings. The Hall–Kier alpha value is -2.89. The number of para-hydroxylation sites is 2. The molecule has 0 radical (unpaired) electrons. The molecule has 0 atom stereocenters. The first-order valence-electron chi connectivity index (χ1n) is 7.28. The third kappa shape index (κ3) is 3.01. The van der Waals surface area contributed by atoms with Gasteiger partial charge in [-0.1, -0.05) is 18.7 Å². The highest BCUT2D eigenvalue weighted by Gasteiger charge is 2.19. The summed E-state index contributed by atoms with van der Waals surface area (Å²) in [6.07, 6.45) is 2.88. The van der Waals surface area contributed by atoms with Crippen LogP contribution in [0.25, 0.3) is 22.8 Å². The van der Waals surface area contributed by atoms with Gasteiger partial charge in [-0.05, 0) is 39.0 Å². The van der Waals surface area contributed by atoms with Crippen molar-refractivity contribution >= 4 is 34.7 Å². The fourth-order valence-electron chi connectivity index (χ4n) is 2.26. The summed E-state index contributed by atoms with van der Waals surface area (Å²) in [7, 11) is 0. The van der Waals surface area contributed by atoms with Crippen LogP contribution in [0.15, 0.2) is 37.0 Å². The van der Waals surface area contributed by atoms with Gasteiger partial charge in [0.2, 0.25) is 0 Å². The number of fused-ring (bicyclic) bond motifs is 3. The third-order valence-corrected chi connectivity index (χ3v) is 3.14. The van der Waals surface area contributed by atoms with E-state index < -0.39 is 11.7 Å². The molecule has 0 aliphatic carbocycles. The molecular formula is C17H18N4O2. The second kappa shape index (κ2) is 5.39. The van der Waals surface area contributed by atoms with E-state index in [2.05, 4.69) is 21.9 Å². The highest BCUT2D eigenvalue weighted by molar-refractivity contribution is 5.91. The van der Waals surface area contributed by atoms with Gasteiger partial charge in [-0.15, -0.1) is 0 Å². The molecule has 6 heteroatoms. The molecule has 3 aromatic rings. The monoisotopic (exact) mass is 310 g/mol. The van der Waals surface area contributed by atoms with Gasteiger partial charge in [-0.3, -0.25) is 9.72 Å². The van der Waals surface area contributed by atoms with E-state index in [1.807, 2.05) is 34.9 Å². The first-order chi connectivity index (χ1) is 10.9. The second-order valence-corrected chi connectivity index (χ2v) is 6.14. The minimum Gasteiger partial charge on any atom is -0.444 e. The Morgan fingerprint density at radius 3 is 2.74 bits per heavy atom. The van der Waals surface area contributed by atoms with Crippen molar-refractivity contribution in [3.8, 4) is 0 Å². The summed E-state index contributed by atoms with van der Waals surface area (Å²) in [4.78, 5) is 21.0. The maximum Gasteiger partial charge on any atom is 0.413 e. The Morgan fingerprint density at radius 1 is 1.30 bits per heavy atom. The predicted molar refractivity (Wildman–Crippen MR) is 90.4 cm³/mol. The van der Waals surface area contributed by atoms with Crippen molar-refractivity contribution in [3.05, 3.63) is 42.7 Å². The van der Waals surface area contributed by atoms with Crippen molar-refractivity contribution in [2.45, 2.75) is 26.4 Å². The minimum absolute atomic E-state index is 0.341. The van der Waals surface area contributed by atoms with Crippen LogP contribution in [0.2, 0.25) is 0 Å². The number of benzene rings is 1. The molecular weight excluding hydrogens is 292 g/mol. The fraction of sp³-hybridized carbons (Fsp3) is 0.235. The van der Waals surface area contributed by atoms with Gasteiger partial charge in [-0.25, -0.2) is 14.8 Å². The Bertz CT molecular complexity index is 906. The summed E-state index contributed by atoms with van der Waals surface area (Å²) in [5, 5.41) is 2.67. The van der Waals surface area contributed by atoms with E-state index in [4.69, 9.17) is 4.74 Å². The van der Waals surface area contributed by atoms with Gasteiger partial charge >= 0.3 is 6.09 Å². The summed E-state index contributed by atoms with van der Waals surface area (Å²) in [6.45, 7) is 9.16. The Balaban J connectivity index is 2.11. The maximum absolute atomic E-state index is 12.1. The number of imidazole rings is 1. The standard InChI is InChI=1S/C17H18N4O2/c1-5-11-10-21-13-9-7-6-8-12(13)19-15(21)14(18-11)20-16(22)23-17(2,3)4/h5-10H,1H2,2-4H3,(H,18,20,22). The topological polar surface area (TPSA) is 68.5 Å². The van der Waals surface area contributed by atoms with E-state index in [1.165, 1.54) is 0 Å². The van der Waals surface area contributed by atoms with E-state index in [1.54, 1.807) is 26.8 Å². The number of amides is 1. The molecule has 0 bridgehead atoms.